The lowest BCUT2D eigenvalue weighted by atomic mass is 10.1. The number of hydrogen-bond donors (Lipinski definition) is 2. The Morgan fingerprint density at radius 1 is 1.33 bits per heavy atom. The molecule has 0 aliphatic carbocycles. The molecule has 2 N–H and O–H groups in total. The second-order valence-electron chi connectivity index (χ2n) is 5.03. The van der Waals surface area contributed by atoms with Gasteiger partial charge in [0.2, 0.25) is 5.91 Å². The van der Waals surface area contributed by atoms with Crippen LogP contribution in [-0.2, 0) is 11.2 Å². The largest absolute Gasteiger partial charge is 0.493 e. The van der Waals surface area contributed by atoms with Crippen molar-refractivity contribution >= 4 is 18.3 Å². The number of methoxy groups -OCH3 is 2. The molecule has 1 aromatic rings. The summed E-state index contributed by atoms with van der Waals surface area (Å²) < 4.78 is 10.4. The first kappa shape index (κ1) is 17.6. The molecule has 1 aromatic carbocycles. The molecule has 1 heterocycles. The first-order valence-corrected chi connectivity index (χ1v) is 6.91. The number of halogens is 1. The highest BCUT2D eigenvalue weighted by molar-refractivity contribution is 5.85. The first-order chi connectivity index (χ1) is 9.72. The normalized spacial score (nSPS) is 17.0. The van der Waals surface area contributed by atoms with Crippen LogP contribution in [-0.4, -0.2) is 39.8 Å². The van der Waals surface area contributed by atoms with Crippen LogP contribution in [0.4, 0.5) is 0 Å². The van der Waals surface area contributed by atoms with Gasteiger partial charge < -0.3 is 20.1 Å². The van der Waals surface area contributed by atoms with E-state index < -0.39 is 0 Å². The smallest absolute Gasteiger partial charge is 0.224 e. The fraction of sp³-hybridized carbons (Fsp3) is 0.533. The van der Waals surface area contributed by atoms with E-state index in [0.29, 0.717) is 23.8 Å². The molecule has 1 aliphatic heterocycles. The molecule has 0 bridgehead atoms. The fourth-order valence-corrected chi connectivity index (χ4v) is 2.39. The van der Waals surface area contributed by atoms with E-state index in [0.717, 1.165) is 31.6 Å². The summed E-state index contributed by atoms with van der Waals surface area (Å²) in [5.74, 6) is 1.93. The minimum Gasteiger partial charge on any atom is -0.493 e. The topological polar surface area (TPSA) is 59.6 Å². The highest BCUT2D eigenvalue weighted by Gasteiger charge is 2.15. The van der Waals surface area contributed by atoms with Crippen LogP contribution in [0.2, 0.25) is 0 Å². The SMILES string of the molecule is COc1ccc(CC(=O)NCC2CCNC2)cc1OC.Cl. The summed E-state index contributed by atoms with van der Waals surface area (Å²) in [5, 5.41) is 6.28. The molecule has 118 valence electrons. The summed E-state index contributed by atoms with van der Waals surface area (Å²) in [6, 6.07) is 5.55. The number of carbonyl (C=O) groups is 1. The van der Waals surface area contributed by atoms with Gasteiger partial charge in [0.15, 0.2) is 11.5 Å². The molecule has 6 heteroatoms. The van der Waals surface area contributed by atoms with Gasteiger partial charge in [0, 0.05) is 6.54 Å². The van der Waals surface area contributed by atoms with Crippen molar-refractivity contribution in [3.05, 3.63) is 23.8 Å². The van der Waals surface area contributed by atoms with Gasteiger partial charge in [-0.25, -0.2) is 0 Å². The van der Waals surface area contributed by atoms with Gasteiger partial charge in [0.05, 0.1) is 20.6 Å². The van der Waals surface area contributed by atoms with Gasteiger partial charge in [-0.2, -0.15) is 0 Å². The number of benzene rings is 1. The average Bonchev–Trinajstić information content (AvgIpc) is 2.98. The van der Waals surface area contributed by atoms with E-state index in [4.69, 9.17) is 9.47 Å². The predicted octanol–water partition coefficient (Wildman–Crippen LogP) is 1.39. The fourth-order valence-electron chi connectivity index (χ4n) is 2.39. The summed E-state index contributed by atoms with van der Waals surface area (Å²) in [6.45, 7) is 2.80. The first-order valence-electron chi connectivity index (χ1n) is 6.91. The minimum atomic E-state index is 0. The molecule has 1 atom stereocenters. The van der Waals surface area contributed by atoms with Crippen molar-refractivity contribution in [2.75, 3.05) is 33.9 Å². The Morgan fingerprint density at radius 3 is 2.71 bits per heavy atom. The molecule has 1 saturated heterocycles. The Bertz CT molecular complexity index is 462. The van der Waals surface area contributed by atoms with Crippen molar-refractivity contribution < 1.29 is 14.3 Å². The molecule has 1 unspecified atom stereocenters. The third kappa shape index (κ3) is 5.10. The van der Waals surface area contributed by atoms with Gasteiger partial charge in [-0.3, -0.25) is 4.79 Å². The van der Waals surface area contributed by atoms with Gasteiger partial charge in [0.25, 0.3) is 0 Å². The zero-order valence-corrected chi connectivity index (χ0v) is 13.3. The molecule has 0 aromatic heterocycles. The van der Waals surface area contributed by atoms with Crippen molar-refractivity contribution in [3.63, 3.8) is 0 Å². The van der Waals surface area contributed by atoms with Crippen LogP contribution < -0.4 is 20.1 Å². The predicted molar refractivity (Wildman–Crippen MR) is 84.5 cm³/mol. The summed E-state index contributed by atoms with van der Waals surface area (Å²) in [7, 11) is 3.19. The van der Waals surface area contributed by atoms with Crippen molar-refractivity contribution in [2.24, 2.45) is 5.92 Å². The van der Waals surface area contributed by atoms with Crippen molar-refractivity contribution in [3.8, 4) is 11.5 Å². The Kier molecular flexibility index (Phi) is 7.32. The Labute approximate surface area is 131 Å². The van der Waals surface area contributed by atoms with Crippen molar-refractivity contribution in [2.45, 2.75) is 12.8 Å². The summed E-state index contributed by atoms with van der Waals surface area (Å²) in [5.41, 5.74) is 0.921. The summed E-state index contributed by atoms with van der Waals surface area (Å²) in [4.78, 5) is 11.9. The summed E-state index contributed by atoms with van der Waals surface area (Å²) in [6.07, 6.45) is 1.50. The molecule has 0 spiro atoms. The Balaban J connectivity index is 0.00000220. The lowest BCUT2D eigenvalue weighted by Crippen LogP contribution is -2.31. The minimum absolute atomic E-state index is 0. The molecular formula is C15H23ClN2O3. The molecule has 0 radical (unpaired) electrons. The molecule has 5 nitrogen and oxygen atoms in total. The molecule has 1 aliphatic rings. The van der Waals surface area contributed by atoms with Crippen molar-refractivity contribution in [1.82, 2.24) is 10.6 Å². The van der Waals surface area contributed by atoms with Gasteiger partial charge in [-0.05, 0) is 43.1 Å². The maximum Gasteiger partial charge on any atom is 0.224 e. The number of carbonyl (C=O) groups excluding carboxylic acids is 1. The molecular weight excluding hydrogens is 292 g/mol. The molecule has 1 amide bonds. The maximum absolute atomic E-state index is 11.9. The van der Waals surface area contributed by atoms with E-state index in [2.05, 4.69) is 10.6 Å². The monoisotopic (exact) mass is 314 g/mol. The maximum atomic E-state index is 11.9. The lowest BCUT2D eigenvalue weighted by Gasteiger charge is -2.11. The van der Waals surface area contributed by atoms with Crippen LogP contribution in [0.3, 0.4) is 0 Å². The van der Waals surface area contributed by atoms with Gasteiger partial charge >= 0.3 is 0 Å². The van der Waals surface area contributed by atoms with E-state index in [1.165, 1.54) is 0 Å². The zero-order chi connectivity index (χ0) is 14.4. The number of rotatable bonds is 6. The molecule has 21 heavy (non-hydrogen) atoms. The standard InChI is InChI=1S/C15H22N2O3.ClH/c1-19-13-4-3-11(7-14(13)20-2)8-15(18)17-10-12-5-6-16-9-12;/h3-4,7,12,16H,5-6,8-10H2,1-2H3,(H,17,18);1H. The number of amides is 1. The highest BCUT2D eigenvalue weighted by atomic mass is 35.5. The van der Waals surface area contributed by atoms with E-state index in [1.54, 1.807) is 14.2 Å². The van der Waals surface area contributed by atoms with E-state index in [9.17, 15) is 4.79 Å². The summed E-state index contributed by atoms with van der Waals surface area (Å²) >= 11 is 0. The van der Waals surface area contributed by atoms with E-state index >= 15 is 0 Å². The molecule has 0 saturated carbocycles. The van der Waals surface area contributed by atoms with E-state index in [1.807, 2.05) is 18.2 Å². The van der Waals surface area contributed by atoms with Gasteiger partial charge in [-0.15, -0.1) is 12.4 Å². The zero-order valence-electron chi connectivity index (χ0n) is 12.5. The van der Waals surface area contributed by atoms with Crippen LogP contribution in [0.15, 0.2) is 18.2 Å². The Hall–Kier alpha value is -1.46. The van der Waals surface area contributed by atoms with Crippen LogP contribution in [0, 0.1) is 5.92 Å². The van der Waals surface area contributed by atoms with Crippen LogP contribution in [0.5, 0.6) is 11.5 Å². The number of nitrogens with one attached hydrogen (secondary N) is 2. The highest BCUT2D eigenvalue weighted by Crippen LogP contribution is 2.27. The van der Waals surface area contributed by atoms with E-state index in [-0.39, 0.29) is 18.3 Å². The average molecular weight is 315 g/mol. The van der Waals surface area contributed by atoms with Gasteiger partial charge in [0.1, 0.15) is 0 Å². The molecule has 2 rings (SSSR count). The van der Waals surface area contributed by atoms with Crippen LogP contribution >= 0.6 is 12.4 Å². The third-order valence-corrected chi connectivity index (χ3v) is 3.56. The number of ether oxygens (including phenoxy) is 2. The number of hydrogen-bond acceptors (Lipinski definition) is 4. The Morgan fingerprint density at radius 2 is 2.10 bits per heavy atom. The lowest BCUT2D eigenvalue weighted by molar-refractivity contribution is -0.120. The van der Waals surface area contributed by atoms with Crippen LogP contribution in [0.25, 0.3) is 0 Å². The van der Waals surface area contributed by atoms with Crippen LogP contribution in [0.1, 0.15) is 12.0 Å². The quantitative estimate of drug-likeness (QED) is 0.833. The second kappa shape index (κ2) is 8.74. The third-order valence-electron chi connectivity index (χ3n) is 3.56. The molecule has 1 fully saturated rings. The second-order valence-corrected chi connectivity index (χ2v) is 5.03. The van der Waals surface area contributed by atoms with Gasteiger partial charge in [-0.1, -0.05) is 6.07 Å². The van der Waals surface area contributed by atoms with Crippen molar-refractivity contribution in [1.29, 1.82) is 0 Å².